The molecule has 8 heteroatoms. The van der Waals surface area contributed by atoms with Gasteiger partial charge in [0.05, 0.1) is 5.92 Å². The molecule has 2 unspecified atom stereocenters. The zero-order chi connectivity index (χ0) is 19.3. The molecule has 1 aliphatic rings. The number of benzene rings is 1. The summed E-state index contributed by atoms with van der Waals surface area (Å²) in [5.41, 5.74) is -1.57. The molecular formula is C18H21NO7. The second-order valence-electron chi connectivity index (χ2n) is 6.22. The highest BCUT2D eigenvalue weighted by atomic mass is 16.7. The lowest BCUT2D eigenvalue weighted by Crippen LogP contribution is -2.44. The van der Waals surface area contributed by atoms with Crippen LogP contribution in [0, 0.1) is 15.5 Å². The molecule has 2 atom stereocenters. The van der Waals surface area contributed by atoms with Crippen LogP contribution in [0.3, 0.4) is 0 Å². The van der Waals surface area contributed by atoms with Gasteiger partial charge >= 0.3 is 5.97 Å². The van der Waals surface area contributed by atoms with E-state index in [4.69, 9.17) is 9.47 Å². The van der Waals surface area contributed by atoms with Crippen LogP contribution < -0.4 is 9.47 Å². The second-order valence-corrected chi connectivity index (χ2v) is 6.22. The first-order chi connectivity index (χ1) is 12.3. The monoisotopic (exact) mass is 363 g/mol. The Morgan fingerprint density at radius 3 is 2.69 bits per heavy atom. The molecule has 1 heterocycles. The van der Waals surface area contributed by atoms with Gasteiger partial charge in [0, 0.05) is 11.3 Å². The van der Waals surface area contributed by atoms with Gasteiger partial charge < -0.3 is 14.6 Å². The molecule has 0 spiro atoms. The number of allylic oxidation sites excluding steroid dienone is 2. The fourth-order valence-corrected chi connectivity index (χ4v) is 3.00. The summed E-state index contributed by atoms with van der Waals surface area (Å²) in [6, 6.07) is 4.62. The molecule has 26 heavy (non-hydrogen) atoms. The van der Waals surface area contributed by atoms with E-state index in [1.807, 2.05) is 0 Å². The Bertz CT molecular complexity index is 743. The van der Waals surface area contributed by atoms with Gasteiger partial charge in [-0.1, -0.05) is 18.2 Å². The third-order valence-electron chi connectivity index (χ3n) is 4.62. The number of carbonyl (C=O) groups is 2. The summed E-state index contributed by atoms with van der Waals surface area (Å²) in [5, 5.41) is 21.0. The molecule has 0 radical (unpaired) electrons. The first-order valence-corrected chi connectivity index (χ1v) is 8.19. The van der Waals surface area contributed by atoms with Gasteiger partial charge in [-0.05, 0) is 38.0 Å². The lowest BCUT2D eigenvalue weighted by Gasteiger charge is -2.30. The zero-order valence-corrected chi connectivity index (χ0v) is 14.6. The minimum atomic E-state index is -1.93. The molecule has 1 aliphatic heterocycles. The van der Waals surface area contributed by atoms with Crippen molar-refractivity contribution in [3.63, 3.8) is 0 Å². The van der Waals surface area contributed by atoms with Crippen LogP contribution in [0.5, 0.6) is 11.5 Å². The van der Waals surface area contributed by atoms with Crippen LogP contribution in [0.25, 0.3) is 0 Å². The number of ether oxygens (including phenoxy) is 2. The largest absolute Gasteiger partial charge is 0.480 e. The van der Waals surface area contributed by atoms with Crippen molar-refractivity contribution in [1.29, 1.82) is 0 Å². The predicted molar refractivity (Wildman–Crippen MR) is 92.0 cm³/mol. The number of nitrogens with zero attached hydrogens (tertiary/aromatic N) is 1. The number of hydrogen-bond donors (Lipinski definition) is 1. The zero-order valence-electron chi connectivity index (χ0n) is 14.6. The molecule has 0 bridgehead atoms. The van der Waals surface area contributed by atoms with Crippen molar-refractivity contribution in [2.24, 2.45) is 5.41 Å². The molecule has 1 aromatic rings. The maximum atomic E-state index is 12.7. The molecule has 140 valence electrons. The molecule has 0 amide bonds. The Balaban J connectivity index is 2.45. The number of carboxylic acid groups (broad SMARTS) is 1. The lowest BCUT2D eigenvalue weighted by molar-refractivity contribution is -0.485. The molecule has 0 fully saturated rings. The molecule has 0 saturated carbocycles. The van der Waals surface area contributed by atoms with Crippen molar-refractivity contribution >= 4 is 11.8 Å². The SMILES string of the molecule is CC=CCCC(=O)C(C)(C(=O)O)C(C[N+](=O)[O-])c1ccc2c(c1)OCO2. The minimum absolute atomic E-state index is 0.00803. The van der Waals surface area contributed by atoms with E-state index >= 15 is 0 Å². The van der Waals surface area contributed by atoms with Crippen LogP contribution in [0.2, 0.25) is 0 Å². The van der Waals surface area contributed by atoms with E-state index in [2.05, 4.69) is 0 Å². The van der Waals surface area contributed by atoms with Crippen LogP contribution in [0.1, 0.15) is 38.2 Å². The van der Waals surface area contributed by atoms with Crippen molar-refractivity contribution in [2.75, 3.05) is 13.3 Å². The van der Waals surface area contributed by atoms with Gasteiger partial charge in [-0.15, -0.1) is 0 Å². The van der Waals surface area contributed by atoms with Crippen molar-refractivity contribution in [3.8, 4) is 11.5 Å². The molecule has 0 aliphatic carbocycles. The summed E-state index contributed by atoms with van der Waals surface area (Å²) in [5.74, 6) is -2.21. The van der Waals surface area contributed by atoms with E-state index in [1.165, 1.54) is 13.0 Å². The number of ketones is 1. The molecule has 0 saturated heterocycles. The minimum Gasteiger partial charge on any atom is -0.480 e. The number of Topliss-reactive ketones (excluding diaryl/α,β-unsaturated/α-hetero) is 1. The average molecular weight is 363 g/mol. The molecular weight excluding hydrogens is 342 g/mol. The fourth-order valence-electron chi connectivity index (χ4n) is 3.00. The van der Waals surface area contributed by atoms with Gasteiger partial charge in [0.25, 0.3) is 0 Å². The molecule has 8 nitrogen and oxygen atoms in total. The summed E-state index contributed by atoms with van der Waals surface area (Å²) < 4.78 is 10.5. The van der Waals surface area contributed by atoms with Crippen LogP contribution in [0.4, 0.5) is 0 Å². The van der Waals surface area contributed by atoms with Gasteiger partial charge in [-0.3, -0.25) is 19.7 Å². The number of fused-ring (bicyclic) bond motifs is 1. The van der Waals surface area contributed by atoms with E-state index in [9.17, 15) is 24.8 Å². The van der Waals surface area contributed by atoms with Crippen molar-refractivity contribution < 1.29 is 29.1 Å². The van der Waals surface area contributed by atoms with Crippen LogP contribution in [-0.2, 0) is 9.59 Å². The highest BCUT2D eigenvalue weighted by Crippen LogP contribution is 2.42. The Morgan fingerprint density at radius 1 is 1.38 bits per heavy atom. The van der Waals surface area contributed by atoms with E-state index in [-0.39, 0.29) is 13.2 Å². The van der Waals surface area contributed by atoms with Gasteiger partial charge in [0.1, 0.15) is 5.41 Å². The van der Waals surface area contributed by atoms with Gasteiger partial charge in [-0.25, -0.2) is 0 Å². The summed E-state index contributed by atoms with van der Waals surface area (Å²) in [7, 11) is 0. The highest BCUT2D eigenvalue weighted by Gasteiger charge is 2.50. The lowest BCUT2D eigenvalue weighted by atomic mass is 9.69. The Kier molecular flexibility index (Phi) is 5.97. The van der Waals surface area contributed by atoms with Crippen LogP contribution >= 0.6 is 0 Å². The van der Waals surface area contributed by atoms with Crippen LogP contribution in [0.15, 0.2) is 30.4 Å². The van der Waals surface area contributed by atoms with Gasteiger partial charge in [0.15, 0.2) is 17.3 Å². The molecule has 1 aromatic carbocycles. The van der Waals surface area contributed by atoms with E-state index in [0.717, 1.165) is 0 Å². The predicted octanol–water partition coefficient (Wildman–Crippen LogP) is 2.79. The van der Waals surface area contributed by atoms with E-state index in [1.54, 1.807) is 31.2 Å². The second kappa shape index (κ2) is 7.99. The Labute approximate surface area is 150 Å². The number of rotatable bonds is 9. The van der Waals surface area contributed by atoms with Crippen molar-refractivity contribution in [3.05, 3.63) is 46.0 Å². The van der Waals surface area contributed by atoms with E-state index < -0.39 is 34.6 Å². The molecule has 0 aromatic heterocycles. The van der Waals surface area contributed by atoms with Crippen LogP contribution in [-0.4, -0.2) is 35.1 Å². The van der Waals surface area contributed by atoms with Gasteiger partial charge in [0.2, 0.25) is 13.3 Å². The fraction of sp³-hybridized carbons (Fsp3) is 0.444. The first kappa shape index (κ1) is 19.4. The summed E-state index contributed by atoms with van der Waals surface area (Å²) in [6.07, 6.45) is 3.89. The van der Waals surface area contributed by atoms with Gasteiger partial charge in [-0.2, -0.15) is 0 Å². The standard InChI is InChI=1S/C18H21NO7/c1-3-4-5-6-16(20)18(2,17(21)22)13(10-19(23)24)12-7-8-14-15(9-12)26-11-25-14/h3-4,7-9,13H,5-6,10-11H2,1-2H3,(H,21,22). The number of carbonyl (C=O) groups excluding carboxylic acids is 1. The maximum absolute atomic E-state index is 12.7. The van der Waals surface area contributed by atoms with Crippen molar-refractivity contribution in [2.45, 2.75) is 32.6 Å². The number of aliphatic carboxylic acids is 1. The summed E-state index contributed by atoms with van der Waals surface area (Å²) >= 11 is 0. The first-order valence-electron chi connectivity index (χ1n) is 8.19. The quantitative estimate of drug-likeness (QED) is 0.310. The molecule has 2 rings (SSSR count). The average Bonchev–Trinajstić information content (AvgIpc) is 3.06. The third kappa shape index (κ3) is 3.84. The normalized spacial score (nSPS) is 16.2. The number of hydrogen-bond acceptors (Lipinski definition) is 6. The summed E-state index contributed by atoms with van der Waals surface area (Å²) in [6.45, 7) is 2.39. The highest BCUT2D eigenvalue weighted by molar-refractivity contribution is 6.03. The Hall–Kier alpha value is -2.90. The Morgan fingerprint density at radius 2 is 2.08 bits per heavy atom. The number of nitro groups is 1. The van der Waals surface area contributed by atoms with E-state index in [0.29, 0.717) is 23.5 Å². The summed E-state index contributed by atoms with van der Waals surface area (Å²) in [4.78, 5) is 35.3. The topological polar surface area (TPSA) is 116 Å². The molecule has 1 N–H and O–H groups in total. The van der Waals surface area contributed by atoms with Crippen molar-refractivity contribution in [1.82, 2.24) is 0 Å². The maximum Gasteiger partial charge on any atom is 0.317 e. The third-order valence-corrected chi connectivity index (χ3v) is 4.62. The smallest absolute Gasteiger partial charge is 0.317 e. The number of carboxylic acids is 1.